The Labute approximate surface area is 123 Å². The molecule has 0 atom stereocenters. The maximum absolute atomic E-state index is 11.7. The number of nitrogens with zero attached hydrogens (tertiary/aromatic N) is 2. The number of hydrogen-bond donors (Lipinski definition) is 1. The van der Waals surface area contributed by atoms with Crippen molar-refractivity contribution in [2.24, 2.45) is 7.05 Å². The number of carbonyl (C=O) groups is 1. The molecule has 0 saturated carbocycles. The molecule has 0 aliphatic rings. The van der Waals surface area contributed by atoms with Crippen LogP contribution in [0.15, 0.2) is 36.7 Å². The summed E-state index contributed by atoms with van der Waals surface area (Å²) in [5, 5.41) is 2.70. The smallest absolute Gasteiger partial charge is 0.225 e. The molecular formula is C14H17N3O3S. The Kier molecular flexibility index (Phi) is 4.42. The Morgan fingerprint density at radius 1 is 1.38 bits per heavy atom. The second kappa shape index (κ2) is 6.09. The molecule has 0 fully saturated rings. The number of nitrogens with one attached hydrogen (secondary N) is 1. The topological polar surface area (TPSA) is 81.1 Å². The van der Waals surface area contributed by atoms with E-state index in [1.165, 1.54) is 0 Å². The van der Waals surface area contributed by atoms with Gasteiger partial charge in [0.2, 0.25) is 5.91 Å². The molecular weight excluding hydrogens is 290 g/mol. The lowest BCUT2D eigenvalue weighted by atomic mass is 10.2. The number of aryl methyl sites for hydroxylation is 1. The van der Waals surface area contributed by atoms with Crippen LogP contribution in [-0.2, 0) is 21.7 Å². The van der Waals surface area contributed by atoms with Gasteiger partial charge in [-0.2, -0.15) is 0 Å². The molecule has 2 rings (SSSR count). The molecule has 0 saturated heterocycles. The van der Waals surface area contributed by atoms with Gasteiger partial charge in [0.05, 0.1) is 5.75 Å². The van der Waals surface area contributed by atoms with Crippen molar-refractivity contribution in [2.75, 3.05) is 17.3 Å². The molecule has 0 aliphatic heterocycles. The molecule has 1 N–H and O–H groups in total. The Morgan fingerprint density at radius 3 is 2.76 bits per heavy atom. The van der Waals surface area contributed by atoms with E-state index in [0.29, 0.717) is 5.69 Å². The Bertz CT molecular complexity index is 750. The first-order valence-electron chi connectivity index (χ1n) is 6.40. The average molecular weight is 307 g/mol. The molecule has 2 aromatic rings. The summed E-state index contributed by atoms with van der Waals surface area (Å²) in [5.74, 6) is 0.317. The van der Waals surface area contributed by atoms with E-state index >= 15 is 0 Å². The quantitative estimate of drug-likeness (QED) is 0.906. The lowest BCUT2D eigenvalue weighted by molar-refractivity contribution is -0.115. The number of carbonyl (C=O) groups excluding carboxylic acids is 1. The number of hydrogen-bond acceptors (Lipinski definition) is 4. The monoisotopic (exact) mass is 307 g/mol. The summed E-state index contributed by atoms with van der Waals surface area (Å²) in [6, 6.07) is 7.27. The van der Waals surface area contributed by atoms with Crippen LogP contribution in [0.2, 0.25) is 0 Å². The fourth-order valence-electron chi connectivity index (χ4n) is 1.88. The highest BCUT2D eigenvalue weighted by Gasteiger charge is 2.09. The van der Waals surface area contributed by atoms with Crippen molar-refractivity contribution in [3.8, 4) is 11.4 Å². The summed E-state index contributed by atoms with van der Waals surface area (Å²) >= 11 is 0. The zero-order valence-electron chi connectivity index (χ0n) is 11.9. The third-order valence-electron chi connectivity index (χ3n) is 2.93. The zero-order chi connectivity index (χ0) is 15.5. The van der Waals surface area contributed by atoms with Crippen molar-refractivity contribution in [1.82, 2.24) is 9.55 Å². The average Bonchev–Trinajstić information content (AvgIpc) is 2.82. The first-order valence-corrected chi connectivity index (χ1v) is 8.46. The molecule has 1 heterocycles. The lowest BCUT2D eigenvalue weighted by Crippen LogP contribution is -2.16. The minimum Gasteiger partial charge on any atom is -0.334 e. The van der Waals surface area contributed by atoms with Gasteiger partial charge < -0.3 is 9.88 Å². The van der Waals surface area contributed by atoms with Gasteiger partial charge >= 0.3 is 0 Å². The minimum atomic E-state index is -3.13. The van der Waals surface area contributed by atoms with E-state index in [4.69, 9.17) is 0 Å². The first kappa shape index (κ1) is 15.2. The molecule has 112 valence electrons. The van der Waals surface area contributed by atoms with Gasteiger partial charge in [0.25, 0.3) is 0 Å². The standard InChI is InChI=1S/C14H17N3O3S/c1-17-8-7-15-14(17)11-4-3-5-12(10-11)16-13(18)6-9-21(2,19)20/h3-5,7-8,10H,6,9H2,1-2H3,(H,16,18). The summed E-state index contributed by atoms with van der Waals surface area (Å²) in [5.41, 5.74) is 1.50. The number of anilines is 1. The Balaban J connectivity index is 2.08. The highest BCUT2D eigenvalue weighted by Crippen LogP contribution is 2.20. The van der Waals surface area contributed by atoms with Crippen LogP contribution < -0.4 is 5.32 Å². The predicted octanol–water partition coefficient (Wildman–Crippen LogP) is 1.46. The minimum absolute atomic E-state index is 0.0501. The van der Waals surface area contributed by atoms with Gasteiger partial charge in [-0.15, -0.1) is 0 Å². The number of imidazole rings is 1. The van der Waals surface area contributed by atoms with Gasteiger partial charge in [-0.05, 0) is 12.1 Å². The maximum Gasteiger partial charge on any atom is 0.225 e. The summed E-state index contributed by atoms with van der Waals surface area (Å²) in [6.45, 7) is 0. The van der Waals surface area contributed by atoms with Crippen LogP contribution >= 0.6 is 0 Å². The number of rotatable bonds is 5. The summed E-state index contributed by atoms with van der Waals surface area (Å²) in [6.07, 6.45) is 4.60. The number of aromatic nitrogens is 2. The molecule has 7 heteroatoms. The van der Waals surface area contributed by atoms with Crippen LogP contribution in [0.4, 0.5) is 5.69 Å². The number of benzene rings is 1. The molecule has 21 heavy (non-hydrogen) atoms. The summed E-state index contributed by atoms with van der Waals surface area (Å²) < 4.78 is 24.0. The Hall–Kier alpha value is -2.15. The van der Waals surface area contributed by atoms with Gasteiger partial charge in [-0.1, -0.05) is 12.1 Å². The van der Waals surface area contributed by atoms with Crippen molar-refractivity contribution < 1.29 is 13.2 Å². The van der Waals surface area contributed by atoms with E-state index in [0.717, 1.165) is 17.6 Å². The fraction of sp³-hybridized carbons (Fsp3) is 0.286. The van der Waals surface area contributed by atoms with Crippen LogP contribution in [0.25, 0.3) is 11.4 Å². The van der Waals surface area contributed by atoms with Crippen molar-refractivity contribution >= 4 is 21.4 Å². The van der Waals surface area contributed by atoms with Gasteiger partial charge in [-0.3, -0.25) is 4.79 Å². The van der Waals surface area contributed by atoms with Gasteiger partial charge in [0, 0.05) is 43.4 Å². The highest BCUT2D eigenvalue weighted by atomic mass is 32.2. The second-order valence-electron chi connectivity index (χ2n) is 4.87. The zero-order valence-corrected chi connectivity index (χ0v) is 12.7. The highest BCUT2D eigenvalue weighted by molar-refractivity contribution is 7.90. The van der Waals surface area contributed by atoms with Crippen molar-refractivity contribution in [3.05, 3.63) is 36.7 Å². The summed E-state index contributed by atoms with van der Waals surface area (Å²) in [4.78, 5) is 16.0. The van der Waals surface area contributed by atoms with E-state index in [1.54, 1.807) is 18.3 Å². The maximum atomic E-state index is 11.7. The predicted molar refractivity (Wildman–Crippen MR) is 81.6 cm³/mol. The van der Waals surface area contributed by atoms with Crippen molar-refractivity contribution in [1.29, 1.82) is 0 Å². The van der Waals surface area contributed by atoms with E-state index in [2.05, 4.69) is 10.3 Å². The normalized spacial score (nSPS) is 11.3. The van der Waals surface area contributed by atoms with Crippen molar-refractivity contribution in [2.45, 2.75) is 6.42 Å². The lowest BCUT2D eigenvalue weighted by Gasteiger charge is -2.07. The first-order chi connectivity index (χ1) is 9.85. The van der Waals surface area contributed by atoms with Gasteiger partial charge in [0.15, 0.2) is 0 Å². The van der Waals surface area contributed by atoms with Gasteiger partial charge in [-0.25, -0.2) is 13.4 Å². The SMILES string of the molecule is Cn1ccnc1-c1cccc(NC(=O)CCS(C)(=O)=O)c1. The van der Waals surface area contributed by atoms with Crippen LogP contribution in [0.3, 0.4) is 0 Å². The number of sulfone groups is 1. The van der Waals surface area contributed by atoms with E-state index in [1.807, 2.05) is 29.9 Å². The molecule has 6 nitrogen and oxygen atoms in total. The largest absolute Gasteiger partial charge is 0.334 e. The summed E-state index contributed by atoms with van der Waals surface area (Å²) in [7, 11) is -1.25. The number of amides is 1. The molecule has 0 aliphatic carbocycles. The van der Waals surface area contributed by atoms with E-state index in [-0.39, 0.29) is 18.1 Å². The molecule has 0 bridgehead atoms. The van der Waals surface area contributed by atoms with Crippen LogP contribution in [0.1, 0.15) is 6.42 Å². The van der Waals surface area contributed by atoms with Crippen molar-refractivity contribution in [3.63, 3.8) is 0 Å². The molecule has 1 amide bonds. The van der Waals surface area contributed by atoms with Crippen LogP contribution in [0, 0.1) is 0 Å². The third kappa shape index (κ3) is 4.42. The van der Waals surface area contributed by atoms with E-state index in [9.17, 15) is 13.2 Å². The van der Waals surface area contributed by atoms with Gasteiger partial charge in [0.1, 0.15) is 15.7 Å². The molecule has 0 unspecified atom stereocenters. The molecule has 1 aromatic heterocycles. The van der Waals surface area contributed by atoms with Crippen LogP contribution in [-0.4, -0.2) is 35.9 Å². The third-order valence-corrected chi connectivity index (χ3v) is 3.87. The molecule has 0 spiro atoms. The second-order valence-corrected chi connectivity index (χ2v) is 7.13. The molecule has 1 aromatic carbocycles. The van der Waals surface area contributed by atoms with E-state index < -0.39 is 9.84 Å². The molecule has 0 radical (unpaired) electrons. The van der Waals surface area contributed by atoms with Crippen LogP contribution in [0.5, 0.6) is 0 Å². The Morgan fingerprint density at radius 2 is 2.14 bits per heavy atom. The fourth-order valence-corrected chi connectivity index (χ4v) is 2.44.